The second-order valence-electron chi connectivity index (χ2n) is 3.94. The van der Waals surface area contributed by atoms with E-state index in [2.05, 4.69) is 5.32 Å². The molecule has 0 fully saturated rings. The molecular formula is C15H15NO3. The average molecular weight is 257 g/mol. The lowest BCUT2D eigenvalue weighted by atomic mass is 10.1. The molecule has 19 heavy (non-hydrogen) atoms. The van der Waals surface area contributed by atoms with E-state index in [-0.39, 0.29) is 11.7 Å². The van der Waals surface area contributed by atoms with Gasteiger partial charge in [0, 0.05) is 5.69 Å². The number of nitrogens with one attached hydrogen (secondary N) is 1. The zero-order valence-corrected chi connectivity index (χ0v) is 10.6. The summed E-state index contributed by atoms with van der Waals surface area (Å²) in [5.41, 5.74) is 1.94. The molecule has 0 saturated heterocycles. The molecule has 0 radical (unpaired) electrons. The molecule has 0 amide bonds. The fourth-order valence-electron chi connectivity index (χ4n) is 1.68. The molecule has 0 unspecified atom stereocenters. The lowest BCUT2D eigenvalue weighted by molar-refractivity contribution is 0.0527. The Kier molecular flexibility index (Phi) is 4.03. The van der Waals surface area contributed by atoms with Crippen molar-refractivity contribution in [2.24, 2.45) is 0 Å². The maximum Gasteiger partial charge on any atom is 0.340 e. The topological polar surface area (TPSA) is 58.6 Å². The Bertz CT molecular complexity index is 564. The number of hydrogen-bond acceptors (Lipinski definition) is 4. The fraction of sp³-hybridized carbons (Fsp3) is 0.133. The quantitative estimate of drug-likeness (QED) is 0.651. The Morgan fingerprint density at radius 3 is 2.53 bits per heavy atom. The second-order valence-corrected chi connectivity index (χ2v) is 3.94. The van der Waals surface area contributed by atoms with Crippen LogP contribution in [0.25, 0.3) is 0 Å². The van der Waals surface area contributed by atoms with E-state index in [9.17, 15) is 9.90 Å². The molecule has 2 aromatic rings. The number of phenols is 1. The van der Waals surface area contributed by atoms with Gasteiger partial charge in [-0.2, -0.15) is 0 Å². The summed E-state index contributed by atoms with van der Waals surface area (Å²) in [7, 11) is 0. The van der Waals surface area contributed by atoms with Crippen LogP contribution in [0.4, 0.5) is 11.4 Å². The number of anilines is 2. The van der Waals surface area contributed by atoms with Crippen LogP contribution in [-0.4, -0.2) is 17.7 Å². The van der Waals surface area contributed by atoms with Crippen molar-refractivity contribution in [2.75, 3.05) is 11.9 Å². The predicted octanol–water partition coefficient (Wildman–Crippen LogP) is 3.31. The summed E-state index contributed by atoms with van der Waals surface area (Å²) in [4.78, 5) is 11.8. The number of carbonyl (C=O) groups is 1. The average Bonchev–Trinajstić information content (AvgIpc) is 2.42. The molecule has 0 saturated carbocycles. The Labute approximate surface area is 111 Å². The lowest BCUT2D eigenvalue weighted by Crippen LogP contribution is -2.07. The Morgan fingerprint density at radius 1 is 1.16 bits per heavy atom. The highest BCUT2D eigenvalue weighted by atomic mass is 16.5. The van der Waals surface area contributed by atoms with Gasteiger partial charge in [-0.3, -0.25) is 0 Å². The van der Waals surface area contributed by atoms with Crippen molar-refractivity contribution in [1.82, 2.24) is 0 Å². The Balaban J connectivity index is 2.24. The zero-order valence-electron chi connectivity index (χ0n) is 10.6. The highest BCUT2D eigenvalue weighted by molar-refractivity contribution is 5.96. The maximum absolute atomic E-state index is 11.8. The molecule has 4 nitrogen and oxygen atoms in total. The van der Waals surface area contributed by atoms with Gasteiger partial charge in [-0.25, -0.2) is 4.79 Å². The number of para-hydroxylation sites is 1. The van der Waals surface area contributed by atoms with E-state index in [1.807, 2.05) is 6.07 Å². The highest BCUT2D eigenvalue weighted by Crippen LogP contribution is 2.23. The molecule has 4 heteroatoms. The minimum absolute atomic E-state index is 0.198. The van der Waals surface area contributed by atoms with E-state index in [4.69, 9.17) is 4.74 Å². The molecule has 0 aliphatic heterocycles. The van der Waals surface area contributed by atoms with Gasteiger partial charge in [-0.15, -0.1) is 0 Å². The number of ether oxygens (including phenoxy) is 1. The minimum atomic E-state index is -0.357. The molecule has 2 rings (SSSR count). The number of hydrogen-bond donors (Lipinski definition) is 2. The monoisotopic (exact) mass is 257 g/mol. The summed E-state index contributed by atoms with van der Waals surface area (Å²) >= 11 is 0. The van der Waals surface area contributed by atoms with Crippen molar-refractivity contribution in [3.63, 3.8) is 0 Å². The van der Waals surface area contributed by atoms with E-state index < -0.39 is 0 Å². The Hall–Kier alpha value is -2.49. The predicted molar refractivity (Wildman–Crippen MR) is 73.8 cm³/mol. The summed E-state index contributed by atoms with van der Waals surface area (Å²) in [5.74, 6) is -0.159. The smallest absolute Gasteiger partial charge is 0.340 e. The van der Waals surface area contributed by atoms with Crippen LogP contribution in [0.1, 0.15) is 17.3 Å². The minimum Gasteiger partial charge on any atom is -0.508 e. The van der Waals surface area contributed by atoms with Crippen LogP contribution in [-0.2, 0) is 4.74 Å². The molecule has 0 heterocycles. The first-order chi connectivity index (χ1) is 9.20. The number of rotatable bonds is 4. The van der Waals surface area contributed by atoms with Gasteiger partial charge in [-0.1, -0.05) is 12.1 Å². The van der Waals surface area contributed by atoms with Gasteiger partial charge in [0.25, 0.3) is 0 Å². The molecule has 0 spiro atoms. The van der Waals surface area contributed by atoms with E-state index >= 15 is 0 Å². The van der Waals surface area contributed by atoms with Gasteiger partial charge in [0.2, 0.25) is 0 Å². The highest BCUT2D eigenvalue weighted by Gasteiger charge is 2.11. The lowest BCUT2D eigenvalue weighted by Gasteiger charge is -2.11. The van der Waals surface area contributed by atoms with Gasteiger partial charge in [0.05, 0.1) is 17.9 Å². The number of aromatic hydroxyl groups is 1. The van der Waals surface area contributed by atoms with Gasteiger partial charge in [0.1, 0.15) is 5.75 Å². The summed E-state index contributed by atoms with van der Waals surface area (Å²) in [5, 5.41) is 12.4. The molecular weight excluding hydrogens is 242 g/mol. The van der Waals surface area contributed by atoms with Gasteiger partial charge in [-0.05, 0) is 43.3 Å². The maximum atomic E-state index is 11.8. The number of esters is 1. The van der Waals surface area contributed by atoms with Crippen LogP contribution < -0.4 is 5.32 Å². The van der Waals surface area contributed by atoms with Crippen molar-refractivity contribution < 1.29 is 14.6 Å². The Morgan fingerprint density at radius 2 is 1.84 bits per heavy atom. The third-order valence-electron chi connectivity index (χ3n) is 2.57. The molecule has 0 atom stereocenters. The van der Waals surface area contributed by atoms with Gasteiger partial charge >= 0.3 is 5.97 Å². The summed E-state index contributed by atoms with van der Waals surface area (Å²) in [6.07, 6.45) is 0. The molecule has 0 aromatic heterocycles. The van der Waals surface area contributed by atoms with Crippen LogP contribution in [0.3, 0.4) is 0 Å². The normalized spacial score (nSPS) is 9.95. The summed E-state index contributed by atoms with van der Waals surface area (Å²) in [6.45, 7) is 2.11. The molecule has 0 aliphatic carbocycles. The molecule has 2 aromatic carbocycles. The van der Waals surface area contributed by atoms with Crippen molar-refractivity contribution in [3.8, 4) is 5.75 Å². The van der Waals surface area contributed by atoms with Crippen LogP contribution >= 0.6 is 0 Å². The van der Waals surface area contributed by atoms with E-state index in [0.29, 0.717) is 17.9 Å². The number of benzene rings is 2. The van der Waals surface area contributed by atoms with Gasteiger partial charge in [0.15, 0.2) is 0 Å². The fourth-order valence-corrected chi connectivity index (χ4v) is 1.68. The first-order valence-corrected chi connectivity index (χ1v) is 6.03. The SMILES string of the molecule is CCOC(=O)c1ccccc1Nc1ccc(O)cc1. The van der Waals surface area contributed by atoms with E-state index in [1.54, 1.807) is 49.4 Å². The van der Waals surface area contributed by atoms with Crippen LogP contribution in [0.2, 0.25) is 0 Å². The standard InChI is InChI=1S/C15H15NO3/c1-2-19-15(18)13-5-3-4-6-14(13)16-11-7-9-12(17)10-8-11/h3-10,16-17H,2H2,1H3. The van der Waals surface area contributed by atoms with Crippen molar-refractivity contribution >= 4 is 17.3 Å². The number of phenolic OH excluding ortho intramolecular Hbond substituents is 1. The first-order valence-electron chi connectivity index (χ1n) is 6.03. The third kappa shape index (κ3) is 3.25. The summed E-state index contributed by atoms with van der Waals surface area (Å²) in [6, 6.07) is 13.8. The zero-order chi connectivity index (χ0) is 13.7. The largest absolute Gasteiger partial charge is 0.508 e. The van der Waals surface area contributed by atoms with Gasteiger partial charge < -0.3 is 15.2 Å². The van der Waals surface area contributed by atoms with E-state index in [1.165, 1.54) is 0 Å². The van der Waals surface area contributed by atoms with Crippen molar-refractivity contribution in [3.05, 3.63) is 54.1 Å². The van der Waals surface area contributed by atoms with Crippen molar-refractivity contribution in [1.29, 1.82) is 0 Å². The first kappa shape index (κ1) is 13.0. The molecule has 0 bridgehead atoms. The molecule has 0 aliphatic rings. The summed E-state index contributed by atoms with van der Waals surface area (Å²) < 4.78 is 5.01. The van der Waals surface area contributed by atoms with Crippen LogP contribution in [0, 0.1) is 0 Å². The molecule has 98 valence electrons. The second kappa shape index (κ2) is 5.91. The molecule has 2 N–H and O–H groups in total. The number of carbonyl (C=O) groups excluding carboxylic acids is 1. The van der Waals surface area contributed by atoms with Crippen molar-refractivity contribution in [2.45, 2.75) is 6.92 Å². The van der Waals surface area contributed by atoms with Crippen LogP contribution in [0.5, 0.6) is 5.75 Å². The van der Waals surface area contributed by atoms with Crippen LogP contribution in [0.15, 0.2) is 48.5 Å². The third-order valence-corrected chi connectivity index (χ3v) is 2.57. The van der Waals surface area contributed by atoms with E-state index in [0.717, 1.165) is 5.69 Å².